The summed E-state index contributed by atoms with van der Waals surface area (Å²) in [6, 6.07) is 8.89. The number of rotatable bonds is 1. The van der Waals surface area contributed by atoms with Gasteiger partial charge in [-0.2, -0.15) is 0 Å². The van der Waals surface area contributed by atoms with Gasteiger partial charge in [-0.3, -0.25) is 0 Å². The van der Waals surface area contributed by atoms with Crippen molar-refractivity contribution in [2.24, 2.45) is 11.8 Å². The molecule has 1 aromatic carbocycles. The van der Waals surface area contributed by atoms with Crippen molar-refractivity contribution in [1.29, 1.82) is 0 Å². The Hall–Kier alpha value is -0.820. The van der Waals surface area contributed by atoms with Gasteiger partial charge in [0.05, 0.1) is 0 Å². The topological polar surface area (TPSA) is 3.24 Å². The number of hydrogen-bond donors (Lipinski definition) is 0. The van der Waals surface area contributed by atoms with Gasteiger partial charge < -0.3 is 4.90 Å². The van der Waals surface area contributed by atoms with Gasteiger partial charge in [0, 0.05) is 13.1 Å². The van der Waals surface area contributed by atoms with E-state index in [1.54, 1.807) is 5.56 Å². The van der Waals surface area contributed by atoms with Gasteiger partial charge in [-0.25, -0.2) is 0 Å². The third-order valence-corrected chi connectivity index (χ3v) is 3.53. The lowest BCUT2D eigenvalue weighted by atomic mass is 9.89. The molecule has 82 valence electrons. The van der Waals surface area contributed by atoms with Gasteiger partial charge in [0.25, 0.3) is 0 Å². The minimum absolute atomic E-state index is 0.776. The molecule has 0 aliphatic carbocycles. The first-order chi connectivity index (χ1) is 7.16. The molecule has 1 aliphatic rings. The molecule has 0 saturated heterocycles. The van der Waals surface area contributed by atoms with Gasteiger partial charge >= 0.3 is 0 Å². The van der Waals surface area contributed by atoms with Crippen LogP contribution in [0.15, 0.2) is 24.3 Å². The zero-order valence-corrected chi connectivity index (χ0v) is 10.0. The van der Waals surface area contributed by atoms with E-state index in [9.17, 15) is 0 Å². The fourth-order valence-electron chi connectivity index (χ4n) is 2.46. The second-order valence-electron chi connectivity index (χ2n) is 5.17. The molecule has 1 atom stereocenters. The highest BCUT2D eigenvalue weighted by Crippen LogP contribution is 2.25. The molecular formula is C14H21N. The summed E-state index contributed by atoms with van der Waals surface area (Å²) in [5.74, 6) is 1.58. The largest absolute Gasteiger partial charge is 0.302 e. The predicted octanol–water partition coefficient (Wildman–Crippen LogP) is 2.95. The molecule has 1 aromatic rings. The monoisotopic (exact) mass is 203 g/mol. The maximum absolute atomic E-state index is 2.45. The molecule has 0 bridgehead atoms. The summed E-state index contributed by atoms with van der Waals surface area (Å²) in [6.45, 7) is 7.02. The number of benzene rings is 1. The lowest BCUT2D eigenvalue weighted by molar-refractivity contribution is 0.241. The van der Waals surface area contributed by atoms with Crippen molar-refractivity contribution in [3.05, 3.63) is 35.4 Å². The third-order valence-electron chi connectivity index (χ3n) is 3.53. The minimum Gasteiger partial charge on any atom is -0.302 e. The van der Waals surface area contributed by atoms with Crippen LogP contribution in [-0.4, -0.2) is 18.5 Å². The highest BCUT2D eigenvalue weighted by atomic mass is 15.1. The van der Waals surface area contributed by atoms with Crippen LogP contribution in [0.1, 0.15) is 25.0 Å². The quantitative estimate of drug-likeness (QED) is 0.678. The molecule has 0 aromatic heterocycles. The first-order valence-electron chi connectivity index (χ1n) is 5.92. The van der Waals surface area contributed by atoms with Crippen molar-refractivity contribution in [2.75, 3.05) is 13.6 Å². The highest BCUT2D eigenvalue weighted by Gasteiger charge is 2.21. The summed E-state index contributed by atoms with van der Waals surface area (Å²) in [6.07, 6.45) is 1.25. The fourth-order valence-corrected chi connectivity index (χ4v) is 2.46. The Morgan fingerprint density at radius 2 is 1.87 bits per heavy atom. The van der Waals surface area contributed by atoms with Gasteiger partial charge in [0.15, 0.2) is 0 Å². The predicted molar refractivity (Wildman–Crippen MR) is 64.8 cm³/mol. The zero-order valence-electron chi connectivity index (χ0n) is 10.0. The Labute approximate surface area is 93.1 Å². The maximum Gasteiger partial charge on any atom is 0.0233 e. The van der Waals surface area contributed by atoms with Crippen LogP contribution in [-0.2, 0) is 13.0 Å². The van der Waals surface area contributed by atoms with Gasteiger partial charge in [-0.15, -0.1) is 0 Å². The second-order valence-corrected chi connectivity index (χ2v) is 5.17. The van der Waals surface area contributed by atoms with Gasteiger partial charge in [0.1, 0.15) is 0 Å². The Bertz CT molecular complexity index is 330. The molecule has 15 heavy (non-hydrogen) atoms. The maximum atomic E-state index is 2.45. The van der Waals surface area contributed by atoms with E-state index in [1.165, 1.54) is 18.5 Å². The lowest BCUT2D eigenvalue weighted by Crippen LogP contribution is -2.26. The van der Waals surface area contributed by atoms with Crippen LogP contribution in [0, 0.1) is 11.8 Å². The molecule has 2 rings (SSSR count). The first-order valence-corrected chi connectivity index (χ1v) is 5.92. The average molecular weight is 203 g/mol. The van der Waals surface area contributed by atoms with Crippen molar-refractivity contribution in [2.45, 2.75) is 26.8 Å². The van der Waals surface area contributed by atoms with Crippen LogP contribution in [0.2, 0.25) is 0 Å². The van der Waals surface area contributed by atoms with Crippen molar-refractivity contribution in [1.82, 2.24) is 4.90 Å². The Morgan fingerprint density at radius 1 is 1.20 bits per heavy atom. The standard InChI is InChI=1S/C14H21N/c1-11(2)14-8-12-6-4-5-7-13(12)9-15(3)10-14/h4-7,11,14H,8-10H2,1-3H3/t14-/m1/s1. The molecule has 1 aliphatic heterocycles. The van der Waals surface area contributed by atoms with E-state index in [2.05, 4.69) is 50.1 Å². The normalized spacial score (nSPS) is 22.5. The van der Waals surface area contributed by atoms with Crippen molar-refractivity contribution >= 4 is 0 Å². The van der Waals surface area contributed by atoms with E-state index in [1.807, 2.05) is 0 Å². The van der Waals surface area contributed by atoms with Gasteiger partial charge in [0.2, 0.25) is 0 Å². The van der Waals surface area contributed by atoms with Gasteiger partial charge in [-0.1, -0.05) is 38.1 Å². The van der Waals surface area contributed by atoms with E-state index in [0.717, 1.165) is 18.4 Å². The molecule has 0 unspecified atom stereocenters. The first kappa shape index (κ1) is 10.7. The van der Waals surface area contributed by atoms with E-state index in [4.69, 9.17) is 0 Å². The van der Waals surface area contributed by atoms with Crippen LogP contribution in [0.5, 0.6) is 0 Å². The molecule has 0 amide bonds. The van der Waals surface area contributed by atoms with Crippen molar-refractivity contribution in [3.63, 3.8) is 0 Å². The minimum atomic E-state index is 0.776. The molecule has 0 saturated carbocycles. The summed E-state index contributed by atoms with van der Waals surface area (Å²) >= 11 is 0. The zero-order chi connectivity index (χ0) is 10.8. The van der Waals surface area contributed by atoms with E-state index < -0.39 is 0 Å². The summed E-state index contributed by atoms with van der Waals surface area (Å²) in [5.41, 5.74) is 3.07. The molecule has 0 N–H and O–H groups in total. The van der Waals surface area contributed by atoms with Crippen LogP contribution >= 0.6 is 0 Å². The Balaban J connectivity index is 2.27. The lowest BCUT2D eigenvalue weighted by Gasteiger charge is -2.23. The molecule has 0 fully saturated rings. The van der Waals surface area contributed by atoms with Crippen molar-refractivity contribution in [3.8, 4) is 0 Å². The molecule has 1 heteroatoms. The van der Waals surface area contributed by atoms with Crippen LogP contribution < -0.4 is 0 Å². The summed E-state index contributed by atoms with van der Waals surface area (Å²) in [5, 5.41) is 0. The number of nitrogens with zero attached hydrogens (tertiary/aromatic N) is 1. The Kier molecular flexibility index (Phi) is 3.11. The molecule has 0 radical (unpaired) electrons. The average Bonchev–Trinajstić information content (AvgIpc) is 2.35. The summed E-state index contributed by atoms with van der Waals surface area (Å²) in [4.78, 5) is 2.45. The SMILES string of the molecule is CC(C)[C@@H]1Cc2ccccc2CN(C)C1. The fraction of sp³-hybridized carbons (Fsp3) is 0.571. The van der Waals surface area contributed by atoms with Crippen molar-refractivity contribution < 1.29 is 0 Å². The third kappa shape index (κ3) is 2.40. The van der Waals surface area contributed by atoms with E-state index >= 15 is 0 Å². The highest BCUT2D eigenvalue weighted by molar-refractivity contribution is 5.28. The van der Waals surface area contributed by atoms with Crippen LogP contribution in [0.25, 0.3) is 0 Å². The smallest absolute Gasteiger partial charge is 0.0233 e. The Morgan fingerprint density at radius 3 is 2.53 bits per heavy atom. The molecule has 0 spiro atoms. The van der Waals surface area contributed by atoms with Crippen LogP contribution in [0.4, 0.5) is 0 Å². The molecule has 1 heterocycles. The summed E-state index contributed by atoms with van der Waals surface area (Å²) < 4.78 is 0. The number of fused-ring (bicyclic) bond motifs is 1. The number of hydrogen-bond acceptors (Lipinski definition) is 1. The van der Waals surface area contributed by atoms with E-state index in [-0.39, 0.29) is 0 Å². The van der Waals surface area contributed by atoms with Crippen LogP contribution in [0.3, 0.4) is 0 Å². The second kappa shape index (κ2) is 4.36. The van der Waals surface area contributed by atoms with E-state index in [0.29, 0.717) is 0 Å². The summed E-state index contributed by atoms with van der Waals surface area (Å²) in [7, 11) is 2.23. The molecular weight excluding hydrogens is 182 g/mol. The van der Waals surface area contributed by atoms with Gasteiger partial charge in [-0.05, 0) is 36.4 Å². The molecule has 1 nitrogen and oxygen atoms in total.